The van der Waals surface area contributed by atoms with Gasteiger partial charge in [0, 0.05) is 6.42 Å². The first-order chi connectivity index (χ1) is 8.33. The molecule has 1 rings (SSSR count). The number of benzene rings is 1. The Morgan fingerprint density at radius 2 is 1.83 bits per heavy atom. The average molecular weight is 268 g/mol. The maximum absolute atomic E-state index is 12.2. The third-order valence-electron chi connectivity index (χ3n) is 2.87. The molecule has 0 N–H and O–H groups in total. The molecule has 0 spiro atoms. The minimum Gasteiger partial charge on any atom is -0.300 e. The van der Waals surface area contributed by atoms with Gasteiger partial charge in [-0.25, -0.2) is 8.42 Å². The van der Waals surface area contributed by atoms with Gasteiger partial charge in [-0.1, -0.05) is 12.1 Å². The molecule has 100 valence electrons. The summed E-state index contributed by atoms with van der Waals surface area (Å²) < 4.78 is 24.3. The van der Waals surface area contributed by atoms with Crippen molar-refractivity contribution >= 4 is 15.6 Å². The summed E-state index contributed by atoms with van der Waals surface area (Å²) in [6, 6.07) is 5.46. The zero-order valence-electron chi connectivity index (χ0n) is 11.2. The molecule has 4 heteroatoms. The molecule has 0 saturated carbocycles. The lowest BCUT2D eigenvalue weighted by Gasteiger charge is -2.08. The van der Waals surface area contributed by atoms with E-state index in [2.05, 4.69) is 0 Å². The van der Waals surface area contributed by atoms with Crippen molar-refractivity contribution in [3.63, 3.8) is 0 Å². The van der Waals surface area contributed by atoms with Gasteiger partial charge in [0.25, 0.3) is 0 Å². The quantitative estimate of drug-likeness (QED) is 0.745. The second-order valence-electron chi connectivity index (χ2n) is 4.75. The number of Topliss-reactive ketones (excluding diaryl/α,β-unsaturated/α-hetero) is 1. The molecule has 0 aliphatic carbocycles. The first-order valence-electron chi connectivity index (χ1n) is 6.12. The zero-order chi connectivity index (χ0) is 13.8. The van der Waals surface area contributed by atoms with Gasteiger partial charge in [-0.15, -0.1) is 0 Å². The minimum absolute atomic E-state index is 0.110. The third kappa shape index (κ3) is 4.26. The Hall–Kier alpha value is -1.16. The lowest BCUT2D eigenvalue weighted by Crippen LogP contribution is -2.09. The molecule has 0 heterocycles. The number of sulfone groups is 1. The van der Waals surface area contributed by atoms with Gasteiger partial charge in [-0.3, -0.25) is 0 Å². The number of rotatable bonds is 6. The minimum atomic E-state index is -3.22. The van der Waals surface area contributed by atoms with E-state index in [1.165, 1.54) is 6.92 Å². The normalized spacial score (nSPS) is 11.5. The zero-order valence-corrected chi connectivity index (χ0v) is 12.0. The molecular weight excluding hydrogens is 248 g/mol. The molecule has 1 aromatic rings. The maximum Gasteiger partial charge on any atom is 0.178 e. The van der Waals surface area contributed by atoms with Crippen molar-refractivity contribution in [1.29, 1.82) is 0 Å². The molecule has 0 bridgehead atoms. The van der Waals surface area contributed by atoms with Gasteiger partial charge >= 0.3 is 0 Å². The van der Waals surface area contributed by atoms with Gasteiger partial charge in [0.15, 0.2) is 9.84 Å². The molecule has 0 atom stereocenters. The van der Waals surface area contributed by atoms with Crippen molar-refractivity contribution in [1.82, 2.24) is 0 Å². The molecule has 0 aliphatic heterocycles. The first-order valence-corrected chi connectivity index (χ1v) is 7.77. The Kier molecular flexibility index (Phi) is 5.08. The Labute approximate surface area is 109 Å². The number of carbonyl (C=O) groups is 1. The van der Waals surface area contributed by atoms with Crippen LogP contribution in [0.15, 0.2) is 23.1 Å². The summed E-state index contributed by atoms with van der Waals surface area (Å²) >= 11 is 0. The first kappa shape index (κ1) is 14.9. The smallest absolute Gasteiger partial charge is 0.178 e. The van der Waals surface area contributed by atoms with Crippen LogP contribution in [0.3, 0.4) is 0 Å². The van der Waals surface area contributed by atoms with Crippen LogP contribution in [0.2, 0.25) is 0 Å². The van der Waals surface area contributed by atoms with Crippen LogP contribution in [-0.2, 0) is 14.6 Å². The van der Waals surface area contributed by atoms with Crippen LogP contribution in [0.4, 0.5) is 0 Å². The van der Waals surface area contributed by atoms with E-state index in [1.807, 2.05) is 26.0 Å². The van der Waals surface area contributed by atoms with Gasteiger partial charge in [0.1, 0.15) is 5.78 Å². The van der Waals surface area contributed by atoms with Gasteiger partial charge in [-0.2, -0.15) is 0 Å². The summed E-state index contributed by atoms with van der Waals surface area (Å²) in [4.78, 5) is 11.2. The standard InChI is InChI=1S/C14H20O3S/c1-11-7-8-12(2)14(10-11)18(16,17)9-5-4-6-13(3)15/h7-8,10H,4-6,9H2,1-3H3. The summed E-state index contributed by atoms with van der Waals surface area (Å²) in [6.07, 6.45) is 1.64. The molecule has 0 unspecified atom stereocenters. The number of aryl methyl sites for hydroxylation is 2. The van der Waals surface area contributed by atoms with E-state index in [1.54, 1.807) is 6.07 Å². The second kappa shape index (κ2) is 6.14. The van der Waals surface area contributed by atoms with Crippen LogP contribution >= 0.6 is 0 Å². The third-order valence-corrected chi connectivity index (χ3v) is 4.81. The van der Waals surface area contributed by atoms with E-state index in [4.69, 9.17) is 0 Å². The van der Waals surface area contributed by atoms with Gasteiger partial charge in [0.2, 0.25) is 0 Å². The lowest BCUT2D eigenvalue weighted by molar-refractivity contribution is -0.117. The van der Waals surface area contributed by atoms with E-state index in [0.717, 1.165) is 11.1 Å². The Morgan fingerprint density at radius 3 is 2.44 bits per heavy atom. The highest BCUT2D eigenvalue weighted by Gasteiger charge is 2.16. The highest BCUT2D eigenvalue weighted by molar-refractivity contribution is 7.91. The molecule has 18 heavy (non-hydrogen) atoms. The van der Waals surface area contributed by atoms with Crippen LogP contribution in [0.1, 0.15) is 37.3 Å². The predicted molar refractivity (Wildman–Crippen MR) is 72.5 cm³/mol. The fourth-order valence-corrected chi connectivity index (χ4v) is 3.55. The van der Waals surface area contributed by atoms with Crippen molar-refractivity contribution in [2.24, 2.45) is 0 Å². The predicted octanol–water partition coefficient (Wildman–Crippen LogP) is 2.84. The fraction of sp³-hybridized carbons (Fsp3) is 0.500. The van der Waals surface area contributed by atoms with Gasteiger partial charge in [0.05, 0.1) is 10.6 Å². The maximum atomic E-state index is 12.2. The average Bonchev–Trinajstić information content (AvgIpc) is 2.27. The van der Waals surface area contributed by atoms with E-state index in [9.17, 15) is 13.2 Å². The molecule has 3 nitrogen and oxygen atoms in total. The highest BCUT2D eigenvalue weighted by atomic mass is 32.2. The van der Waals surface area contributed by atoms with Crippen LogP contribution in [-0.4, -0.2) is 20.0 Å². The van der Waals surface area contributed by atoms with Crippen molar-refractivity contribution < 1.29 is 13.2 Å². The molecule has 0 aromatic heterocycles. The summed E-state index contributed by atoms with van der Waals surface area (Å²) in [5, 5.41) is 0. The van der Waals surface area contributed by atoms with Gasteiger partial charge in [-0.05, 0) is 50.8 Å². The van der Waals surface area contributed by atoms with Crippen molar-refractivity contribution in [3.8, 4) is 0 Å². The molecule has 0 fully saturated rings. The van der Waals surface area contributed by atoms with Crippen molar-refractivity contribution in [2.45, 2.75) is 44.9 Å². The Balaban J connectivity index is 2.74. The van der Waals surface area contributed by atoms with E-state index < -0.39 is 9.84 Å². The van der Waals surface area contributed by atoms with Crippen LogP contribution in [0.25, 0.3) is 0 Å². The van der Waals surface area contributed by atoms with E-state index in [-0.39, 0.29) is 11.5 Å². The molecular formula is C14H20O3S. The van der Waals surface area contributed by atoms with Gasteiger partial charge < -0.3 is 4.79 Å². The number of carbonyl (C=O) groups excluding carboxylic acids is 1. The SMILES string of the molecule is CC(=O)CCCCS(=O)(=O)c1cc(C)ccc1C. The fourth-order valence-electron chi connectivity index (χ4n) is 1.82. The second-order valence-corrected chi connectivity index (χ2v) is 6.82. The molecule has 0 amide bonds. The summed E-state index contributed by atoms with van der Waals surface area (Å²) in [6.45, 7) is 5.22. The Morgan fingerprint density at radius 1 is 1.17 bits per heavy atom. The monoisotopic (exact) mass is 268 g/mol. The number of ketones is 1. The summed E-state index contributed by atoms with van der Waals surface area (Å²) in [7, 11) is -3.22. The molecule has 1 aromatic carbocycles. The van der Waals surface area contributed by atoms with E-state index >= 15 is 0 Å². The van der Waals surface area contributed by atoms with Crippen LogP contribution in [0.5, 0.6) is 0 Å². The van der Waals surface area contributed by atoms with Crippen molar-refractivity contribution in [2.75, 3.05) is 5.75 Å². The topological polar surface area (TPSA) is 51.2 Å². The number of unbranched alkanes of at least 4 members (excludes halogenated alkanes) is 1. The largest absolute Gasteiger partial charge is 0.300 e. The Bertz CT molecular complexity index is 530. The molecule has 0 aliphatic rings. The highest BCUT2D eigenvalue weighted by Crippen LogP contribution is 2.19. The summed E-state index contributed by atoms with van der Waals surface area (Å²) in [5.74, 6) is 0.226. The molecule has 0 saturated heterocycles. The van der Waals surface area contributed by atoms with Crippen LogP contribution < -0.4 is 0 Å². The van der Waals surface area contributed by atoms with E-state index in [0.29, 0.717) is 24.2 Å². The summed E-state index contributed by atoms with van der Waals surface area (Å²) in [5.41, 5.74) is 1.73. The number of hydrogen-bond donors (Lipinski definition) is 0. The van der Waals surface area contributed by atoms with Crippen molar-refractivity contribution in [3.05, 3.63) is 29.3 Å². The lowest BCUT2D eigenvalue weighted by atomic mass is 10.2. The molecule has 0 radical (unpaired) electrons. The number of hydrogen-bond acceptors (Lipinski definition) is 3. The van der Waals surface area contributed by atoms with Crippen LogP contribution in [0, 0.1) is 13.8 Å².